The van der Waals surface area contributed by atoms with Gasteiger partial charge in [0.25, 0.3) is 0 Å². The number of likely N-dealkylation sites (tertiary alicyclic amines) is 1. The van der Waals surface area contributed by atoms with Gasteiger partial charge in [-0.3, -0.25) is 4.79 Å². The molecule has 133 heavy (non-hydrogen) atoms. The molecule has 9 aliphatic rings. The fourth-order valence-corrected chi connectivity index (χ4v) is 27.0. The van der Waals surface area contributed by atoms with Gasteiger partial charge in [-0.05, 0) is 302 Å². The average molecular weight is 1880 g/mol. The van der Waals surface area contributed by atoms with Gasteiger partial charge in [-0.1, -0.05) is 189 Å². The number of amides is 1. The summed E-state index contributed by atoms with van der Waals surface area (Å²) in [6.07, 6.45) is 9.57. The van der Waals surface area contributed by atoms with Crippen LogP contribution in [-0.4, -0.2) is 233 Å². The molecule has 8 aromatic carbocycles. The highest BCUT2D eigenvalue weighted by Gasteiger charge is 2.49. The zero-order chi connectivity index (χ0) is 95.4. The van der Waals surface area contributed by atoms with Crippen molar-refractivity contribution in [1.82, 2.24) is 42.7 Å². The van der Waals surface area contributed by atoms with Gasteiger partial charge in [0.1, 0.15) is 29.1 Å². The molecule has 1 amide bonds. The van der Waals surface area contributed by atoms with Gasteiger partial charge in [0.15, 0.2) is 0 Å². The highest BCUT2D eigenvalue weighted by Crippen LogP contribution is 2.57. The molecule has 17 rings (SSSR count). The fourth-order valence-electron chi connectivity index (χ4n) is 22.4. The van der Waals surface area contributed by atoms with Gasteiger partial charge in [-0.15, -0.1) is 0 Å². The molecule has 0 bridgehead atoms. The predicted molar refractivity (Wildman–Crippen MR) is 531 cm³/mol. The van der Waals surface area contributed by atoms with Crippen LogP contribution in [0.2, 0.25) is 0 Å². The molecule has 24 heteroatoms. The Labute approximate surface area is 789 Å². The lowest BCUT2D eigenvalue weighted by molar-refractivity contribution is -0.132. The van der Waals surface area contributed by atoms with Gasteiger partial charge in [0.05, 0.1) is 17.3 Å². The molecule has 4 unspecified atom stereocenters. The van der Waals surface area contributed by atoms with Crippen LogP contribution in [0.25, 0.3) is 22.3 Å². The molecular formula is C109H138F5N9O7S3. The summed E-state index contributed by atoms with van der Waals surface area (Å²) >= 11 is 0. The van der Waals surface area contributed by atoms with Crippen molar-refractivity contribution in [3.63, 3.8) is 0 Å². The minimum Gasteiger partial charge on any atom is -0.342 e. The molecular weight excluding hydrogens is 1740 g/mol. The summed E-state index contributed by atoms with van der Waals surface area (Å²) in [7, 11) is 1.70. The Morgan fingerprint density at radius 3 is 1.22 bits per heavy atom. The van der Waals surface area contributed by atoms with E-state index < -0.39 is 40.9 Å². The first kappa shape index (κ1) is 100. The lowest BCUT2D eigenvalue weighted by Gasteiger charge is -2.35. The maximum Gasteiger partial charge on any atom is 0.223 e. The largest absolute Gasteiger partial charge is 0.342 e. The molecule has 5 heterocycles. The van der Waals surface area contributed by atoms with E-state index in [4.69, 9.17) is 0 Å². The van der Waals surface area contributed by atoms with Gasteiger partial charge in [-0.25, -0.2) is 60.1 Å². The van der Waals surface area contributed by atoms with Crippen LogP contribution in [0, 0.1) is 63.7 Å². The Morgan fingerprint density at radius 2 is 0.774 bits per heavy atom. The molecule has 5 saturated heterocycles. The predicted octanol–water partition coefficient (Wildman–Crippen LogP) is 18.3. The van der Waals surface area contributed by atoms with Crippen molar-refractivity contribution in [3.05, 3.63) is 304 Å². The Hall–Kier alpha value is -8.63. The maximum absolute atomic E-state index is 15.2. The van der Waals surface area contributed by atoms with E-state index in [2.05, 4.69) is 105 Å². The normalized spacial score (nSPS) is 22.1. The Morgan fingerprint density at radius 1 is 0.383 bits per heavy atom. The van der Waals surface area contributed by atoms with Crippen molar-refractivity contribution < 1.29 is 52.0 Å². The number of hydrogen-bond donors (Lipinski definition) is 1. The highest BCUT2D eigenvalue weighted by atomic mass is 32.2. The first-order valence-corrected chi connectivity index (χ1v) is 52.5. The van der Waals surface area contributed by atoms with Crippen molar-refractivity contribution in [3.8, 4) is 0 Å². The monoisotopic (exact) mass is 1880 g/mol. The van der Waals surface area contributed by atoms with Crippen LogP contribution in [-0.2, 0) is 82.2 Å². The summed E-state index contributed by atoms with van der Waals surface area (Å²) in [5, 5.41) is 3.34. The summed E-state index contributed by atoms with van der Waals surface area (Å²) in [5.41, 5.74) is 25.4. The minimum atomic E-state index is -3.32. The molecule has 0 aromatic heterocycles. The number of hydrogen-bond acceptors (Lipinski definition) is 12. The Bertz CT molecular complexity index is 6090. The third kappa shape index (κ3) is 21.9. The van der Waals surface area contributed by atoms with E-state index in [1.165, 1.54) is 96.6 Å². The molecule has 8 aromatic rings. The van der Waals surface area contributed by atoms with Crippen LogP contribution in [0.15, 0.2) is 180 Å². The van der Waals surface area contributed by atoms with E-state index in [0.29, 0.717) is 137 Å². The molecule has 4 atom stereocenters. The van der Waals surface area contributed by atoms with E-state index >= 15 is 17.6 Å². The third-order valence-corrected chi connectivity index (χ3v) is 35.5. The van der Waals surface area contributed by atoms with Gasteiger partial charge in [-0.2, -0.15) is 0 Å². The van der Waals surface area contributed by atoms with E-state index in [-0.39, 0.29) is 63.1 Å². The maximum atomic E-state index is 15.2. The lowest BCUT2D eigenvalue weighted by atomic mass is 9.73. The number of carbonyl (C=O) groups is 1. The fraction of sp³-hybridized carbons (Fsp3) is 0.477. The van der Waals surface area contributed by atoms with Gasteiger partial charge in [0.2, 0.25) is 36.0 Å². The second-order valence-electron chi connectivity index (χ2n) is 40.1. The average Bonchev–Trinajstić information content (AvgIpc) is 1.58. The first-order valence-electron chi connectivity index (χ1n) is 47.7. The SMILES string of the molecule is Cc1cc2c(cc1C)C(=C1CCN(S(=O)(=O)CCN(C)C)CC1)C(C)(c1ccccc1)C2.Cc1ccc2c(c1)C(=C1CCN(S(=O)(=O)CCN(C)C)CC1)C(C)(c1ccc(F)cc1)C2.Cc1ccc2c(c1F)CC(C)(c1ccccc1F)C2=C1CCN(C(=O)CCN2CCNCC2)CC1.Cc1ccc2c(c1F)CC(C)(c1ccccc1F)C2=C1CCN(S(=O)(=O)CCCN(C)C)CC1. The quantitative estimate of drug-likeness (QED) is 0.0721. The number of piperazine rings is 1. The van der Waals surface area contributed by atoms with E-state index in [9.17, 15) is 34.4 Å². The van der Waals surface area contributed by atoms with Crippen molar-refractivity contribution in [2.75, 3.05) is 164 Å². The number of piperidine rings is 4. The summed E-state index contributed by atoms with van der Waals surface area (Å²) in [4.78, 5) is 23.0. The molecule has 5 aliphatic heterocycles. The molecule has 16 nitrogen and oxygen atoms in total. The Balaban J connectivity index is 0.000000143. The van der Waals surface area contributed by atoms with Crippen molar-refractivity contribution in [2.24, 2.45) is 0 Å². The zero-order valence-electron chi connectivity index (χ0n) is 80.9. The van der Waals surface area contributed by atoms with E-state index in [1.54, 1.807) is 51.0 Å². The number of allylic oxidation sites excluding steroid dienone is 4. The first-order chi connectivity index (χ1) is 63.1. The molecule has 714 valence electrons. The van der Waals surface area contributed by atoms with Crippen LogP contribution in [0.1, 0.15) is 186 Å². The highest BCUT2D eigenvalue weighted by molar-refractivity contribution is 7.89. The number of sulfonamides is 3. The van der Waals surface area contributed by atoms with Crippen molar-refractivity contribution in [1.29, 1.82) is 0 Å². The lowest BCUT2D eigenvalue weighted by Crippen LogP contribution is -2.45. The molecule has 0 spiro atoms. The smallest absolute Gasteiger partial charge is 0.223 e. The second kappa shape index (κ2) is 41.7. The van der Waals surface area contributed by atoms with Crippen LogP contribution in [0.5, 0.6) is 0 Å². The molecule has 0 saturated carbocycles. The number of carbonyl (C=O) groups excluding carboxylic acids is 1. The third-order valence-electron chi connectivity index (χ3n) is 29.9. The topological polar surface area (TPSA) is 157 Å². The molecule has 5 fully saturated rings. The van der Waals surface area contributed by atoms with Gasteiger partial charge >= 0.3 is 0 Å². The summed E-state index contributed by atoms with van der Waals surface area (Å²) in [5.74, 6) is -0.495. The van der Waals surface area contributed by atoms with Crippen LogP contribution < -0.4 is 5.32 Å². The standard InChI is InChI=1S/C29H35F2N3O.C27H34F2N2O2S.C27H36N2O2S.C26H33FN2O2S/c1-20-7-8-22-23(28(20)31)19-29(2,24-5-3-4-6-25(24)30)27(22)21-9-15-34(16-10-21)26(35)11-14-33-17-12-32-13-18-33;1-19-10-11-21-22(26(19)29)18-27(2,23-8-5-6-9-24(23)28)25(21)20-12-15-31(16-13-20)34(32,33)17-7-14-30(3)4;1-20-17-23-19-27(3,24-9-7-6-8-10-24)26(25(23)18-21(20)2)22-11-13-29(14-12-22)32(30,31)16-15-28(4)5;1-19-5-6-21-18-26(2,22-7-9-23(27)10-8-22)25(24(21)17-19)20-11-13-29(14-12-20)32(30,31)16-15-28(3)4/h3-8,32H,9-19H2,1-2H3;5-6,8-11H,7,12-18H2,1-4H3;6-10,17-18H,11-16,19H2,1-5H3;5-10,17H,11-16,18H2,1-4H3. The van der Waals surface area contributed by atoms with Crippen LogP contribution >= 0.6 is 0 Å². The minimum absolute atomic E-state index is 0.0782. The number of aryl methyl sites for hydroxylation is 5. The summed E-state index contributed by atoms with van der Waals surface area (Å²) in [6, 6.07) is 50.2. The second-order valence-corrected chi connectivity index (χ2v) is 46.4. The summed E-state index contributed by atoms with van der Waals surface area (Å²) < 4.78 is 156. The zero-order valence-corrected chi connectivity index (χ0v) is 83.3. The van der Waals surface area contributed by atoms with E-state index in [1.807, 2.05) is 124 Å². The number of nitrogens with zero attached hydrogens (tertiary/aromatic N) is 8. The molecule has 1 N–H and O–H groups in total. The van der Waals surface area contributed by atoms with Crippen molar-refractivity contribution >= 4 is 58.3 Å². The number of fused-ring (bicyclic) bond motifs is 4. The number of rotatable bonds is 20. The van der Waals surface area contributed by atoms with Gasteiger partial charge < -0.3 is 29.8 Å². The van der Waals surface area contributed by atoms with E-state index in [0.717, 1.165) is 124 Å². The summed E-state index contributed by atoms with van der Waals surface area (Å²) in [6.45, 7) is 29.6. The van der Waals surface area contributed by atoms with Crippen LogP contribution in [0.4, 0.5) is 22.0 Å². The van der Waals surface area contributed by atoms with Gasteiger partial charge in [0, 0.05) is 126 Å². The van der Waals surface area contributed by atoms with Crippen molar-refractivity contribution in [2.45, 2.75) is 174 Å². The number of nitrogens with one attached hydrogen (secondary N) is 1. The van der Waals surface area contributed by atoms with Crippen LogP contribution in [0.3, 0.4) is 0 Å². The number of halogens is 5. The molecule has 4 aliphatic carbocycles. The molecule has 0 radical (unpaired) electrons. The Kier molecular flexibility index (Phi) is 31.5. The number of benzene rings is 8.